The van der Waals surface area contributed by atoms with Gasteiger partial charge in [0, 0.05) is 32.3 Å². The lowest BCUT2D eigenvalue weighted by Gasteiger charge is -2.15. The third-order valence-corrected chi connectivity index (χ3v) is 3.44. The highest BCUT2D eigenvalue weighted by Crippen LogP contribution is 2.27. The zero-order chi connectivity index (χ0) is 13.5. The Morgan fingerprint density at radius 2 is 2.22 bits per heavy atom. The number of nitrogens with zero attached hydrogens (tertiary/aromatic N) is 1. The summed E-state index contributed by atoms with van der Waals surface area (Å²) in [6.07, 6.45) is 10.8. The molecule has 0 unspecified atom stereocenters. The van der Waals surface area contributed by atoms with Crippen LogP contribution in [0.4, 0.5) is 0 Å². The Balaban J connectivity index is 2.92. The highest BCUT2D eigenvalue weighted by molar-refractivity contribution is 9.11. The van der Waals surface area contributed by atoms with Gasteiger partial charge in [-0.05, 0) is 35.4 Å². The van der Waals surface area contributed by atoms with Gasteiger partial charge in [-0.3, -0.25) is 4.79 Å². The largest absolute Gasteiger partial charge is 0.383 e. The van der Waals surface area contributed by atoms with E-state index in [1.807, 2.05) is 25.2 Å². The predicted molar refractivity (Wildman–Crippen MR) is 80.6 cm³/mol. The maximum absolute atomic E-state index is 12.3. The molecular weight excluding hydrogens is 290 g/mol. The molecule has 0 N–H and O–H groups in total. The maximum Gasteiger partial charge on any atom is 0.164 e. The van der Waals surface area contributed by atoms with Gasteiger partial charge in [0.15, 0.2) is 5.78 Å². The van der Waals surface area contributed by atoms with Crippen LogP contribution in [0.1, 0.15) is 39.0 Å². The Labute approximate surface area is 119 Å². The number of halogens is 1. The summed E-state index contributed by atoms with van der Waals surface area (Å²) in [6.45, 7) is 2.11. The first kappa shape index (κ1) is 15.2. The number of Topliss-reactive ketones (excluding diaryl/α,β-unsaturated/α-hetero) is 1. The number of carbonyl (C=O) groups is 1. The van der Waals surface area contributed by atoms with E-state index in [9.17, 15) is 4.79 Å². The van der Waals surface area contributed by atoms with Crippen LogP contribution in [-0.2, 0) is 4.79 Å². The Hall–Kier alpha value is -0.830. The van der Waals surface area contributed by atoms with Gasteiger partial charge in [-0.15, -0.1) is 0 Å². The molecule has 0 aromatic rings. The van der Waals surface area contributed by atoms with E-state index >= 15 is 0 Å². The van der Waals surface area contributed by atoms with Crippen molar-refractivity contribution in [2.45, 2.75) is 39.0 Å². The van der Waals surface area contributed by atoms with E-state index < -0.39 is 0 Å². The van der Waals surface area contributed by atoms with Gasteiger partial charge in [0.1, 0.15) is 0 Å². The van der Waals surface area contributed by atoms with Crippen molar-refractivity contribution in [3.8, 4) is 0 Å². The smallest absolute Gasteiger partial charge is 0.164 e. The molecule has 0 aromatic heterocycles. The minimum absolute atomic E-state index is 0.246. The van der Waals surface area contributed by atoms with Crippen LogP contribution in [0.5, 0.6) is 0 Å². The lowest BCUT2D eigenvalue weighted by atomic mass is 9.95. The minimum Gasteiger partial charge on any atom is -0.383 e. The Morgan fingerprint density at radius 1 is 1.50 bits per heavy atom. The Morgan fingerprint density at radius 3 is 2.78 bits per heavy atom. The maximum atomic E-state index is 12.3. The van der Waals surface area contributed by atoms with Crippen molar-refractivity contribution in [1.29, 1.82) is 0 Å². The van der Waals surface area contributed by atoms with Crippen LogP contribution in [0, 0.1) is 0 Å². The summed E-state index contributed by atoms with van der Waals surface area (Å²) in [5, 5.41) is 0. The molecule has 0 saturated carbocycles. The lowest BCUT2D eigenvalue weighted by Crippen LogP contribution is -2.11. The molecule has 3 heteroatoms. The molecule has 0 saturated heterocycles. The summed E-state index contributed by atoms with van der Waals surface area (Å²) in [7, 11) is 3.91. The summed E-state index contributed by atoms with van der Waals surface area (Å²) in [6, 6.07) is 0. The summed E-state index contributed by atoms with van der Waals surface area (Å²) >= 11 is 3.53. The molecular formula is C15H22BrNO. The van der Waals surface area contributed by atoms with Crippen molar-refractivity contribution < 1.29 is 4.79 Å². The monoisotopic (exact) mass is 311 g/mol. The average molecular weight is 312 g/mol. The zero-order valence-electron chi connectivity index (χ0n) is 11.5. The second-order valence-corrected chi connectivity index (χ2v) is 5.84. The standard InChI is InChI=1S/C15H22BrNO/c1-4-5-9-15(18)14(11-17(2)3)12-7-6-8-13(16)10-12/h7,10-11H,4-6,8-9H2,1-3H3/b14-11+. The number of ketones is 1. The van der Waals surface area contributed by atoms with Crippen LogP contribution >= 0.6 is 15.9 Å². The molecule has 18 heavy (non-hydrogen) atoms. The molecule has 0 aliphatic heterocycles. The second-order valence-electron chi connectivity index (χ2n) is 4.82. The van der Waals surface area contributed by atoms with Crippen molar-refractivity contribution in [3.05, 3.63) is 34.0 Å². The van der Waals surface area contributed by atoms with Gasteiger partial charge in [0.25, 0.3) is 0 Å². The van der Waals surface area contributed by atoms with Gasteiger partial charge in [-0.1, -0.05) is 35.4 Å². The van der Waals surface area contributed by atoms with Gasteiger partial charge in [0.2, 0.25) is 0 Å². The van der Waals surface area contributed by atoms with E-state index in [1.54, 1.807) is 0 Å². The van der Waals surface area contributed by atoms with E-state index in [-0.39, 0.29) is 5.78 Å². The molecule has 1 rings (SSSR count). The van der Waals surface area contributed by atoms with E-state index in [2.05, 4.69) is 35.0 Å². The SMILES string of the molecule is CCCCC(=O)/C(=C/N(C)C)C1=CCCC(Br)=C1. The van der Waals surface area contributed by atoms with Crippen LogP contribution in [0.25, 0.3) is 0 Å². The highest BCUT2D eigenvalue weighted by atomic mass is 79.9. The lowest BCUT2D eigenvalue weighted by molar-refractivity contribution is -0.115. The predicted octanol–water partition coefficient (Wildman–Crippen LogP) is 4.19. The Kier molecular flexibility index (Phi) is 6.41. The second kappa shape index (κ2) is 7.57. The third kappa shape index (κ3) is 4.81. The van der Waals surface area contributed by atoms with Crippen molar-refractivity contribution in [1.82, 2.24) is 4.90 Å². The molecule has 1 aliphatic carbocycles. The van der Waals surface area contributed by atoms with Crippen molar-refractivity contribution in [3.63, 3.8) is 0 Å². The van der Waals surface area contributed by atoms with Gasteiger partial charge >= 0.3 is 0 Å². The molecule has 0 radical (unpaired) electrons. The molecule has 100 valence electrons. The molecule has 0 fully saturated rings. The molecule has 2 nitrogen and oxygen atoms in total. The van der Waals surface area contributed by atoms with E-state index in [4.69, 9.17) is 0 Å². The number of unbranched alkanes of at least 4 members (excludes halogenated alkanes) is 1. The molecule has 0 amide bonds. The molecule has 0 aromatic carbocycles. The van der Waals surface area contributed by atoms with Crippen molar-refractivity contribution in [2.24, 2.45) is 0 Å². The number of carbonyl (C=O) groups excluding carboxylic acids is 1. The van der Waals surface area contributed by atoms with Gasteiger partial charge < -0.3 is 4.90 Å². The van der Waals surface area contributed by atoms with Crippen LogP contribution in [0.15, 0.2) is 34.0 Å². The van der Waals surface area contributed by atoms with Crippen LogP contribution < -0.4 is 0 Å². The number of hydrogen-bond donors (Lipinski definition) is 0. The Bertz CT molecular complexity index is 391. The summed E-state index contributed by atoms with van der Waals surface area (Å²) in [5.41, 5.74) is 1.90. The fourth-order valence-corrected chi connectivity index (χ4v) is 2.37. The molecule has 1 aliphatic rings. The topological polar surface area (TPSA) is 20.3 Å². The van der Waals surface area contributed by atoms with E-state index in [0.29, 0.717) is 6.42 Å². The first-order valence-corrected chi connectivity index (χ1v) is 7.32. The number of rotatable bonds is 6. The van der Waals surface area contributed by atoms with E-state index in [0.717, 1.165) is 36.8 Å². The fourth-order valence-electron chi connectivity index (χ4n) is 1.89. The number of hydrogen-bond acceptors (Lipinski definition) is 2. The van der Waals surface area contributed by atoms with Gasteiger partial charge in [-0.2, -0.15) is 0 Å². The van der Waals surface area contributed by atoms with Gasteiger partial charge in [-0.25, -0.2) is 0 Å². The van der Waals surface area contributed by atoms with Crippen molar-refractivity contribution >= 4 is 21.7 Å². The molecule has 0 bridgehead atoms. The summed E-state index contributed by atoms with van der Waals surface area (Å²) in [4.78, 5) is 14.2. The van der Waals surface area contributed by atoms with E-state index in [1.165, 1.54) is 4.48 Å². The molecule has 0 spiro atoms. The quantitative estimate of drug-likeness (QED) is 0.685. The molecule has 0 heterocycles. The van der Waals surface area contributed by atoms with Crippen LogP contribution in [0.3, 0.4) is 0 Å². The fraction of sp³-hybridized carbons (Fsp3) is 0.533. The van der Waals surface area contributed by atoms with Gasteiger partial charge in [0.05, 0.1) is 0 Å². The van der Waals surface area contributed by atoms with Crippen LogP contribution in [-0.4, -0.2) is 24.8 Å². The average Bonchev–Trinajstić information content (AvgIpc) is 2.32. The minimum atomic E-state index is 0.246. The van der Waals surface area contributed by atoms with Crippen molar-refractivity contribution in [2.75, 3.05) is 14.1 Å². The highest BCUT2D eigenvalue weighted by Gasteiger charge is 2.15. The third-order valence-electron chi connectivity index (χ3n) is 2.82. The van der Waals surface area contributed by atoms with Crippen LogP contribution in [0.2, 0.25) is 0 Å². The normalized spacial score (nSPS) is 16.1. The first-order chi connectivity index (χ1) is 8.54. The zero-order valence-corrected chi connectivity index (χ0v) is 13.1. The number of allylic oxidation sites excluding steroid dienone is 5. The molecule has 0 atom stereocenters. The summed E-state index contributed by atoms with van der Waals surface area (Å²) < 4.78 is 1.17. The summed E-state index contributed by atoms with van der Waals surface area (Å²) in [5.74, 6) is 0.246. The first-order valence-electron chi connectivity index (χ1n) is 6.52.